The predicted octanol–water partition coefficient (Wildman–Crippen LogP) is 2.95. The Labute approximate surface area is 82.3 Å². The molecule has 1 unspecified atom stereocenters. The molecule has 0 aromatic rings. The zero-order chi connectivity index (χ0) is 9.10. The molecule has 1 heteroatoms. The molecule has 1 nitrogen and oxygen atoms in total. The van der Waals surface area contributed by atoms with Gasteiger partial charge in [0, 0.05) is 6.04 Å². The maximum Gasteiger partial charge on any atom is 0.00671 e. The van der Waals surface area contributed by atoms with Gasteiger partial charge >= 0.3 is 0 Å². The molecule has 0 radical (unpaired) electrons. The van der Waals surface area contributed by atoms with Crippen LogP contribution in [0.5, 0.6) is 0 Å². The summed E-state index contributed by atoms with van der Waals surface area (Å²) in [6, 6.07) is 0.793. The largest absolute Gasteiger partial charge is 0.314 e. The normalized spacial score (nSPS) is 27.5. The molecule has 2 rings (SSSR count). The number of hydrogen-bond donors (Lipinski definition) is 1. The molecule has 2 aliphatic carbocycles. The lowest BCUT2D eigenvalue weighted by Crippen LogP contribution is -2.33. The summed E-state index contributed by atoms with van der Waals surface area (Å²) in [5.41, 5.74) is 0. The van der Waals surface area contributed by atoms with Gasteiger partial charge in [0.1, 0.15) is 0 Å². The first-order chi connectivity index (χ1) is 6.36. The molecule has 2 fully saturated rings. The minimum Gasteiger partial charge on any atom is -0.314 e. The number of hydrogen-bond acceptors (Lipinski definition) is 1. The lowest BCUT2D eigenvalue weighted by atomic mass is 9.89. The van der Waals surface area contributed by atoms with E-state index in [4.69, 9.17) is 0 Å². The van der Waals surface area contributed by atoms with Gasteiger partial charge in [-0.1, -0.05) is 19.3 Å². The zero-order valence-electron chi connectivity index (χ0n) is 8.89. The Hall–Kier alpha value is -0.0400. The van der Waals surface area contributed by atoms with Crippen LogP contribution in [0, 0.1) is 11.8 Å². The highest BCUT2D eigenvalue weighted by Crippen LogP contribution is 2.32. The zero-order valence-corrected chi connectivity index (χ0v) is 8.89. The third-order valence-electron chi connectivity index (χ3n) is 3.78. The minimum absolute atomic E-state index is 0.793. The highest BCUT2D eigenvalue weighted by molar-refractivity contribution is 4.84. The first-order valence-electron chi connectivity index (χ1n) is 6.09. The fourth-order valence-corrected chi connectivity index (χ4v) is 2.51. The van der Waals surface area contributed by atoms with E-state index in [0.717, 1.165) is 17.9 Å². The van der Waals surface area contributed by atoms with Crippen LogP contribution in [0.4, 0.5) is 0 Å². The van der Waals surface area contributed by atoms with Crippen molar-refractivity contribution in [1.29, 1.82) is 0 Å². The van der Waals surface area contributed by atoms with E-state index < -0.39 is 0 Å². The molecule has 0 spiro atoms. The highest BCUT2D eigenvalue weighted by Gasteiger charge is 2.27. The summed E-state index contributed by atoms with van der Waals surface area (Å²) in [5, 5.41) is 3.71. The van der Waals surface area contributed by atoms with E-state index in [0.29, 0.717) is 0 Å². The molecular formula is C12H23N. The second-order valence-corrected chi connectivity index (χ2v) is 5.04. The molecule has 2 saturated carbocycles. The summed E-state index contributed by atoms with van der Waals surface area (Å²) in [5.74, 6) is 2.01. The summed E-state index contributed by atoms with van der Waals surface area (Å²) >= 11 is 0. The molecule has 1 N–H and O–H groups in total. The molecule has 1 atom stereocenters. The van der Waals surface area contributed by atoms with Gasteiger partial charge in [-0.3, -0.25) is 0 Å². The van der Waals surface area contributed by atoms with E-state index in [1.807, 2.05) is 0 Å². The van der Waals surface area contributed by atoms with Gasteiger partial charge < -0.3 is 5.32 Å². The molecule has 0 heterocycles. The minimum atomic E-state index is 0.793. The van der Waals surface area contributed by atoms with E-state index in [1.165, 1.54) is 51.5 Å². The molecule has 0 amide bonds. The predicted molar refractivity (Wildman–Crippen MR) is 56.8 cm³/mol. The Morgan fingerprint density at radius 3 is 2.38 bits per heavy atom. The number of rotatable bonds is 4. The number of nitrogens with one attached hydrogen (secondary N) is 1. The van der Waals surface area contributed by atoms with E-state index >= 15 is 0 Å². The molecule has 0 aromatic carbocycles. The Bertz CT molecular complexity index is 145. The SMILES string of the molecule is CC(NCC1CCCCC1)C1CC1. The molecule has 76 valence electrons. The molecular weight excluding hydrogens is 158 g/mol. The summed E-state index contributed by atoms with van der Waals surface area (Å²) < 4.78 is 0. The fraction of sp³-hybridized carbons (Fsp3) is 1.00. The first-order valence-corrected chi connectivity index (χ1v) is 6.09. The van der Waals surface area contributed by atoms with Crippen molar-refractivity contribution < 1.29 is 0 Å². The third-order valence-corrected chi connectivity index (χ3v) is 3.78. The second kappa shape index (κ2) is 4.45. The van der Waals surface area contributed by atoms with Crippen molar-refractivity contribution in [3.8, 4) is 0 Å². The highest BCUT2D eigenvalue weighted by atomic mass is 14.9. The van der Waals surface area contributed by atoms with Gasteiger partial charge in [-0.2, -0.15) is 0 Å². The standard InChI is InChI=1S/C12H23N/c1-10(12-7-8-12)13-9-11-5-3-2-4-6-11/h10-13H,2-9H2,1H3. The molecule has 0 bridgehead atoms. The van der Waals surface area contributed by atoms with Crippen LogP contribution in [0.15, 0.2) is 0 Å². The fourth-order valence-electron chi connectivity index (χ4n) is 2.51. The summed E-state index contributed by atoms with van der Waals surface area (Å²) in [7, 11) is 0. The average molecular weight is 181 g/mol. The van der Waals surface area contributed by atoms with E-state index in [-0.39, 0.29) is 0 Å². The summed E-state index contributed by atoms with van der Waals surface area (Å²) in [6.45, 7) is 3.65. The van der Waals surface area contributed by atoms with Gasteiger partial charge in [0.15, 0.2) is 0 Å². The van der Waals surface area contributed by atoms with Gasteiger partial charge in [-0.15, -0.1) is 0 Å². The lowest BCUT2D eigenvalue weighted by molar-refractivity contribution is 0.324. The van der Waals surface area contributed by atoms with E-state index in [9.17, 15) is 0 Å². The van der Waals surface area contributed by atoms with E-state index in [2.05, 4.69) is 12.2 Å². The Kier molecular flexibility index (Phi) is 3.26. The van der Waals surface area contributed by atoms with Crippen molar-refractivity contribution in [2.45, 2.75) is 57.9 Å². The van der Waals surface area contributed by atoms with Crippen LogP contribution in [0.2, 0.25) is 0 Å². The van der Waals surface area contributed by atoms with Crippen LogP contribution in [-0.4, -0.2) is 12.6 Å². The van der Waals surface area contributed by atoms with Crippen LogP contribution >= 0.6 is 0 Å². The van der Waals surface area contributed by atoms with Crippen molar-refractivity contribution in [3.63, 3.8) is 0 Å². The molecule has 13 heavy (non-hydrogen) atoms. The van der Waals surface area contributed by atoms with Crippen molar-refractivity contribution in [1.82, 2.24) is 5.32 Å². The summed E-state index contributed by atoms with van der Waals surface area (Å²) in [6.07, 6.45) is 10.3. The van der Waals surface area contributed by atoms with Crippen LogP contribution < -0.4 is 5.32 Å². The smallest absolute Gasteiger partial charge is 0.00671 e. The Balaban J connectivity index is 1.60. The van der Waals surface area contributed by atoms with Crippen LogP contribution in [0.25, 0.3) is 0 Å². The Morgan fingerprint density at radius 1 is 1.08 bits per heavy atom. The Morgan fingerprint density at radius 2 is 1.77 bits per heavy atom. The van der Waals surface area contributed by atoms with Crippen LogP contribution in [0.1, 0.15) is 51.9 Å². The average Bonchev–Trinajstić information content (AvgIpc) is 2.99. The van der Waals surface area contributed by atoms with Gasteiger partial charge in [0.25, 0.3) is 0 Å². The van der Waals surface area contributed by atoms with Gasteiger partial charge in [0.05, 0.1) is 0 Å². The molecule has 2 aliphatic rings. The first kappa shape index (κ1) is 9.51. The summed E-state index contributed by atoms with van der Waals surface area (Å²) in [4.78, 5) is 0. The van der Waals surface area contributed by atoms with Gasteiger partial charge in [-0.25, -0.2) is 0 Å². The van der Waals surface area contributed by atoms with Crippen molar-refractivity contribution in [2.24, 2.45) is 11.8 Å². The maximum absolute atomic E-state index is 3.71. The van der Waals surface area contributed by atoms with Crippen LogP contribution in [-0.2, 0) is 0 Å². The maximum atomic E-state index is 3.71. The van der Waals surface area contributed by atoms with Crippen molar-refractivity contribution in [2.75, 3.05) is 6.54 Å². The molecule has 0 saturated heterocycles. The topological polar surface area (TPSA) is 12.0 Å². The quantitative estimate of drug-likeness (QED) is 0.703. The monoisotopic (exact) mass is 181 g/mol. The second-order valence-electron chi connectivity index (χ2n) is 5.04. The van der Waals surface area contributed by atoms with E-state index in [1.54, 1.807) is 0 Å². The van der Waals surface area contributed by atoms with Gasteiger partial charge in [0.2, 0.25) is 0 Å². The molecule has 0 aliphatic heterocycles. The third kappa shape index (κ3) is 2.98. The van der Waals surface area contributed by atoms with Crippen LogP contribution in [0.3, 0.4) is 0 Å². The van der Waals surface area contributed by atoms with Crippen molar-refractivity contribution in [3.05, 3.63) is 0 Å². The lowest BCUT2D eigenvalue weighted by Gasteiger charge is -2.24. The van der Waals surface area contributed by atoms with Gasteiger partial charge in [-0.05, 0) is 51.0 Å². The molecule has 0 aromatic heterocycles. The van der Waals surface area contributed by atoms with Crippen molar-refractivity contribution >= 4 is 0 Å².